The molecule has 1 aliphatic heterocycles. The molecule has 0 radical (unpaired) electrons. The van der Waals surface area contributed by atoms with Gasteiger partial charge in [0.05, 0.1) is 10.9 Å². The Kier molecular flexibility index (Phi) is 4.12. The van der Waals surface area contributed by atoms with Crippen LogP contribution in [0.1, 0.15) is 24.4 Å². The van der Waals surface area contributed by atoms with Crippen molar-refractivity contribution in [2.24, 2.45) is 0 Å². The molecule has 22 heavy (non-hydrogen) atoms. The lowest BCUT2D eigenvalue weighted by Gasteiger charge is -2.24. The van der Waals surface area contributed by atoms with E-state index in [-0.39, 0.29) is 16.7 Å². The maximum atomic E-state index is 12.8. The molecule has 0 aromatic heterocycles. The Balaban J connectivity index is 1.95. The number of phenols is 1. The standard InChI is InChI=1S/C16H16ClNO3S/c17-13-5-9-15(10-6-13)22(20,21)18-11-1-2-16(18)12-3-7-14(19)8-4-12/h3-10,16,19H,1-2,11H2/t16-/m1/s1. The molecule has 0 amide bonds. The van der Waals surface area contributed by atoms with Gasteiger partial charge in [0, 0.05) is 11.6 Å². The molecule has 0 saturated carbocycles. The van der Waals surface area contributed by atoms with E-state index in [4.69, 9.17) is 11.6 Å². The number of nitrogens with zero attached hydrogens (tertiary/aromatic N) is 1. The zero-order chi connectivity index (χ0) is 15.7. The highest BCUT2D eigenvalue weighted by Crippen LogP contribution is 2.37. The minimum Gasteiger partial charge on any atom is -0.508 e. The first-order chi connectivity index (χ1) is 10.5. The Labute approximate surface area is 135 Å². The van der Waals surface area contributed by atoms with E-state index in [2.05, 4.69) is 0 Å². The van der Waals surface area contributed by atoms with Crippen LogP contribution in [0, 0.1) is 0 Å². The van der Waals surface area contributed by atoms with Crippen molar-refractivity contribution in [1.29, 1.82) is 0 Å². The van der Waals surface area contributed by atoms with Crippen molar-refractivity contribution < 1.29 is 13.5 Å². The van der Waals surface area contributed by atoms with Crippen LogP contribution in [0.25, 0.3) is 0 Å². The van der Waals surface area contributed by atoms with Gasteiger partial charge in [0.25, 0.3) is 0 Å². The van der Waals surface area contributed by atoms with Crippen LogP contribution in [0.5, 0.6) is 5.75 Å². The van der Waals surface area contributed by atoms with E-state index in [1.807, 2.05) is 0 Å². The monoisotopic (exact) mass is 337 g/mol. The maximum absolute atomic E-state index is 12.8. The van der Waals surface area contributed by atoms with E-state index in [1.165, 1.54) is 16.4 Å². The molecule has 1 heterocycles. The SMILES string of the molecule is O=S(=O)(c1ccc(Cl)cc1)N1CCC[C@@H]1c1ccc(O)cc1. The highest BCUT2D eigenvalue weighted by Gasteiger charge is 2.36. The number of hydrogen-bond acceptors (Lipinski definition) is 3. The number of hydrogen-bond donors (Lipinski definition) is 1. The molecule has 1 atom stereocenters. The Bertz CT molecular complexity index is 757. The van der Waals surface area contributed by atoms with Gasteiger partial charge in [0.1, 0.15) is 5.75 Å². The van der Waals surface area contributed by atoms with Crippen molar-refractivity contribution in [3.05, 3.63) is 59.1 Å². The first-order valence-electron chi connectivity index (χ1n) is 7.05. The number of sulfonamides is 1. The summed E-state index contributed by atoms with van der Waals surface area (Å²) in [5, 5.41) is 9.89. The normalized spacial score (nSPS) is 19.4. The first-order valence-corrected chi connectivity index (χ1v) is 8.86. The van der Waals surface area contributed by atoms with Crippen LogP contribution in [0.3, 0.4) is 0 Å². The summed E-state index contributed by atoms with van der Waals surface area (Å²) in [4.78, 5) is 0.252. The predicted molar refractivity (Wildman–Crippen MR) is 85.4 cm³/mol. The van der Waals surface area contributed by atoms with E-state index < -0.39 is 10.0 Å². The average Bonchev–Trinajstić information content (AvgIpc) is 2.99. The van der Waals surface area contributed by atoms with Crippen molar-refractivity contribution in [3.8, 4) is 5.75 Å². The summed E-state index contributed by atoms with van der Waals surface area (Å²) in [6.45, 7) is 0.497. The first kappa shape index (κ1) is 15.3. The van der Waals surface area contributed by atoms with Crippen LogP contribution in [0.2, 0.25) is 5.02 Å². The van der Waals surface area contributed by atoms with Crippen LogP contribution in [-0.4, -0.2) is 24.4 Å². The fourth-order valence-electron chi connectivity index (χ4n) is 2.80. The van der Waals surface area contributed by atoms with Gasteiger partial charge >= 0.3 is 0 Å². The summed E-state index contributed by atoms with van der Waals surface area (Å²) in [7, 11) is -3.55. The number of halogens is 1. The Hall–Kier alpha value is -1.56. The van der Waals surface area contributed by atoms with Crippen molar-refractivity contribution in [2.45, 2.75) is 23.8 Å². The third kappa shape index (κ3) is 2.84. The van der Waals surface area contributed by atoms with Gasteiger partial charge in [0.2, 0.25) is 10.0 Å². The maximum Gasteiger partial charge on any atom is 0.243 e. The molecule has 0 bridgehead atoms. The molecule has 0 unspecified atom stereocenters. The zero-order valence-electron chi connectivity index (χ0n) is 11.8. The van der Waals surface area contributed by atoms with Gasteiger partial charge in [-0.05, 0) is 54.8 Å². The van der Waals surface area contributed by atoms with Gasteiger partial charge in [0.15, 0.2) is 0 Å². The van der Waals surface area contributed by atoms with Gasteiger partial charge < -0.3 is 5.11 Å². The van der Waals surface area contributed by atoms with Crippen molar-refractivity contribution in [1.82, 2.24) is 4.31 Å². The molecule has 0 aliphatic carbocycles. The van der Waals surface area contributed by atoms with Crippen molar-refractivity contribution >= 4 is 21.6 Å². The quantitative estimate of drug-likeness (QED) is 0.931. The van der Waals surface area contributed by atoms with Gasteiger partial charge in [-0.2, -0.15) is 4.31 Å². The molecule has 6 heteroatoms. The van der Waals surface area contributed by atoms with Crippen LogP contribution >= 0.6 is 11.6 Å². The summed E-state index contributed by atoms with van der Waals surface area (Å²) in [5.41, 5.74) is 0.896. The van der Waals surface area contributed by atoms with E-state index in [0.29, 0.717) is 11.6 Å². The third-order valence-electron chi connectivity index (χ3n) is 3.90. The Morgan fingerprint density at radius 3 is 2.32 bits per heavy atom. The summed E-state index contributed by atoms with van der Waals surface area (Å²) in [5.74, 6) is 0.175. The minimum absolute atomic E-state index is 0.175. The molecule has 1 aliphatic rings. The Morgan fingerprint density at radius 1 is 1.05 bits per heavy atom. The van der Waals surface area contributed by atoms with E-state index in [0.717, 1.165) is 18.4 Å². The molecule has 1 fully saturated rings. The molecule has 2 aromatic carbocycles. The van der Waals surface area contributed by atoms with Gasteiger partial charge in [-0.15, -0.1) is 0 Å². The second-order valence-electron chi connectivity index (χ2n) is 5.32. The zero-order valence-corrected chi connectivity index (χ0v) is 13.4. The second kappa shape index (κ2) is 5.91. The van der Waals surface area contributed by atoms with Crippen molar-refractivity contribution in [3.63, 3.8) is 0 Å². The molecular formula is C16H16ClNO3S. The average molecular weight is 338 g/mol. The highest BCUT2D eigenvalue weighted by molar-refractivity contribution is 7.89. The van der Waals surface area contributed by atoms with Crippen LogP contribution < -0.4 is 0 Å². The molecule has 1 N–H and O–H groups in total. The molecule has 116 valence electrons. The van der Waals surface area contributed by atoms with Gasteiger partial charge in [-0.3, -0.25) is 0 Å². The van der Waals surface area contributed by atoms with Gasteiger partial charge in [-0.1, -0.05) is 23.7 Å². The molecule has 2 aromatic rings. The number of phenolic OH excluding ortho intramolecular Hbond substituents is 1. The van der Waals surface area contributed by atoms with E-state index in [9.17, 15) is 13.5 Å². The highest BCUT2D eigenvalue weighted by atomic mass is 35.5. The van der Waals surface area contributed by atoms with Gasteiger partial charge in [-0.25, -0.2) is 8.42 Å². The van der Waals surface area contributed by atoms with E-state index in [1.54, 1.807) is 36.4 Å². The smallest absolute Gasteiger partial charge is 0.243 e. The van der Waals surface area contributed by atoms with Crippen molar-refractivity contribution in [2.75, 3.05) is 6.54 Å². The minimum atomic E-state index is -3.55. The second-order valence-corrected chi connectivity index (χ2v) is 7.65. The molecular weight excluding hydrogens is 322 g/mol. The lowest BCUT2D eigenvalue weighted by atomic mass is 10.1. The summed E-state index contributed by atoms with van der Waals surface area (Å²) in [6.07, 6.45) is 1.59. The number of aromatic hydroxyl groups is 1. The summed E-state index contributed by atoms with van der Waals surface area (Å²) < 4.78 is 27.2. The fourth-order valence-corrected chi connectivity index (χ4v) is 4.61. The van der Waals surface area contributed by atoms with E-state index >= 15 is 0 Å². The van der Waals surface area contributed by atoms with Crippen LogP contribution in [0.15, 0.2) is 53.4 Å². The topological polar surface area (TPSA) is 57.6 Å². The molecule has 1 saturated heterocycles. The predicted octanol–water partition coefficient (Wildman–Crippen LogP) is 3.57. The summed E-state index contributed by atoms with van der Waals surface area (Å²) >= 11 is 5.83. The van der Waals surface area contributed by atoms with Crippen LogP contribution in [0.4, 0.5) is 0 Å². The fraction of sp³-hybridized carbons (Fsp3) is 0.250. The lowest BCUT2D eigenvalue weighted by Crippen LogP contribution is -2.30. The largest absolute Gasteiger partial charge is 0.508 e. The summed E-state index contributed by atoms with van der Waals surface area (Å²) in [6, 6.07) is 12.8. The molecule has 3 rings (SSSR count). The molecule has 0 spiro atoms. The third-order valence-corrected chi connectivity index (χ3v) is 6.08. The number of rotatable bonds is 3. The lowest BCUT2D eigenvalue weighted by molar-refractivity contribution is 0.396. The number of benzene rings is 2. The molecule has 4 nitrogen and oxygen atoms in total. The van der Waals surface area contributed by atoms with Crippen LogP contribution in [-0.2, 0) is 10.0 Å². The Morgan fingerprint density at radius 2 is 1.68 bits per heavy atom.